The van der Waals surface area contributed by atoms with Gasteiger partial charge >= 0.3 is 6.36 Å². The number of benzene rings is 1. The summed E-state index contributed by atoms with van der Waals surface area (Å²) in [5.41, 5.74) is -0.208. The van der Waals surface area contributed by atoms with Gasteiger partial charge < -0.3 is 4.74 Å². The Bertz CT molecular complexity index is 392. The molecule has 0 bridgehead atoms. The number of aliphatic imine (C=N–C) groups is 1. The van der Waals surface area contributed by atoms with Crippen LogP contribution in [0.25, 0.3) is 0 Å². The minimum absolute atomic E-state index is 0.194. The SMILES string of the molecule is ClCCl.O=C=Nc1ccccc1OC(F)(F)F. The lowest BCUT2D eigenvalue weighted by atomic mass is 10.3. The van der Waals surface area contributed by atoms with E-state index >= 15 is 0 Å². The smallest absolute Gasteiger partial charge is 0.403 e. The lowest BCUT2D eigenvalue weighted by Gasteiger charge is -2.09. The summed E-state index contributed by atoms with van der Waals surface area (Å²) in [6.45, 7) is 0. The number of hydrogen-bond donors (Lipinski definition) is 0. The standard InChI is InChI=1S/C8H4F3NO2.CH2Cl2/c9-8(10,11)14-7-4-2-1-3-6(7)12-5-13;2-1-3/h1-4H;1H2. The van der Waals surface area contributed by atoms with Gasteiger partial charge in [-0.15, -0.1) is 36.4 Å². The van der Waals surface area contributed by atoms with Crippen molar-refractivity contribution in [2.75, 3.05) is 5.34 Å². The molecule has 94 valence electrons. The number of alkyl halides is 5. The Labute approximate surface area is 105 Å². The summed E-state index contributed by atoms with van der Waals surface area (Å²) in [6, 6.07) is 5.04. The third kappa shape index (κ3) is 7.63. The van der Waals surface area contributed by atoms with Gasteiger partial charge in [0.05, 0.1) is 5.34 Å². The van der Waals surface area contributed by atoms with E-state index in [1.54, 1.807) is 0 Å². The van der Waals surface area contributed by atoms with Gasteiger partial charge in [0.1, 0.15) is 5.69 Å². The molecule has 0 atom stereocenters. The highest BCUT2D eigenvalue weighted by atomic mass is 35.5. The van der Waals surface area contributed by atoms with Crippen molar-refractivity contribution < 1.29 is 22.7 Å². The summed E-state index contributed by atoms with van der Waals surface area (Å²) in [7, 11) is 0. The van der Waals surface area contributed by atoms with Crippen molar-refractivity contribution in [3.8, 4) is 5.75 Å². The minimum atomic E-state index is -4.80. The monoisotopic (exact) mass is 287 g/mol. The zero-order chi connectivity index (χ0) is 13.3. The molecule has 0 spiro atoms. The second-order valence-corrected chi connectivity index (χ2v) is 3.13. The molecule has 0 fully saturated rings. The van der Waals surface area contributed by atoms with Crippen molar-refractivity contribution in [1.29, 1.82) is 0 Å². The Morgan fingerprint density at radius 1 is 1.29 bits per heavy atom. The molecule has 17 heavy (non-hydrogen) atoms. The summed E-state index contributed by atoms with van der Waals surface area (Å²) in [5, 5.41) is 0.194. The van der Waals surface area contributed by atoms with Gasteiger partial charge in [-0.3, -0.25) is 0 Å². The number of nitrogens with zero attached hydrogens (tertiary/aromatic N) is 1. The van der Waals surface area contributed by atoms with E-state index < -0.39 is 12.1 Å². The van der Waals surface area contributed by atoms with Crippen molar-refractivity contribution in [2.45, 2.75) is 6.36 Å². The van der Waals surface area contributed by atoms with Crippen molar-refractivity contribution >= 4 is 35.0 Å². The number of para-hydroxylation sites is 2. The van der Waals surface area contributed by atoms with Crippen LogP contribution in [0.4, 0.5) is 18.9 Å². The first-order valence-corrected chi connectivity index (χ1v) is 5.06. The third-order valence-corrected chi connectivity index (χ3v) is 1.26. The normalized spacial score (nSPS) is 9.71. The maximum atomic E-state index is 11.8. The van der Waals surface area contributed by atoms with Crippen LogP contribution >= 0.6 is 23.2 Å². The molecule has 0 saturated carbocycles. The van der Waals surface area contributed by atoms with Crippen molar-refractivity contribution in [2.24, 2.45) is 4.99 Å². The van der Waals surface area contributed by atoms with Crippen LogP contribution in [0.3, 0.4) is 0 Å². The van der Waals surface area contributed by atoms with Gasteiger partial charge in [-0.2, -0.15) is 4.99 Å². The summed E-state index contributed by atoms with van der Waals surface area (Å²) in [6.07, 6.45) is -3.66. The summed E-state index contributed by atoms with van der Waals surface area (Å²) >= 11 is 9.53. The highest BCUT2D eigenvalue weighted by Gasteiger charge is 2.32. The van der Waals surface area contributed by atoms with Crippen LogP contribution in [0, 0.1) is 0 Å². The third-order valence-electron chi connectivity index (χ3n) is 1.26. The molecule has 0 N–H and O–H groups in total. The first kappa shape index (κ1) is 15.8. The molecule has 0 aliphatic rings. The fraction of sp³-hybridized carbons (Fsp3) is 0.222. The van der Waals surface area contributed by atoms with Crippen LogP contribution in [0.15, 0.2) is 29.3 Å². The van der Waals surface area contributed by atoms with Crippen LogP contribution in [0.5, 0.6) is 5.75 Å². The number of carbonyl (C=O) groups excluding carboxylic acids is 1. The Morgan fingerprint density at radius 2 is 1.82 bits per heavy atom. The average Bonchev–Trinajstić information content (AvgIpc) is 2.20. The number of hydrogen-bond acceptors (Lipinski definition) is 3. The van der Waals surface area contributed by atoms with Crippen LogP contribution < -0.4 is 4.74 Å². The summed E-state index contributed by atoms with van der Waals surface area (Å²) in [4.78, 5) is 12.9. The molecule has 3 nitrogen and oxygen atoms in total. The Hall–Kier alpha value is -1.23. The molecule has 0 aliphatic heterocycles. The van der Waals surface area contributed by atoms with E-state index in [9.17, 15) is 18.0 Å². The van der Waals surface area contributed by atoms with Crippen molar-refractivity contribution in [1.82, 2.24) is 0 Å². The predicted molar refractivity (Wildman–Crippen MR) is 57.5 cm³/mol. The maximum absolute atomic E-state index is 11.8. The predicted octanol–water partition coefficient (Wildman–Crippen LogP) is 3.97. The van der Waals surface area contributed by atoms with E-state index in [4.69, 9.17) is 23.2 Å². The molecule has 0 amide bonds. The molecular formula is C9H6Cl2F3NO2. The first-order valence-electron chi connectivity index (χ1n) is 3.99. The van der Waals surface area contributed by atoms with E-state index in [0.717, 1.165) is 12.1 Å². The van der Waals surface area contributed by atoms with Crippen LogP contribution in [-0.4, -0.2) is 17.8 Å². The molecular weight excluding hydrogens is 282 g/mol. The second kappa shape index (κ2) is 7.95. The van der Waals surface area contributed by atoms with E-state index in [0.29, 0.717) is 0 Å². The van der Waals surface area contributed by atoms with Gasteiger partial charge in [0.15, 0.2) is 5.75 Å². The zero-order valence-electron chi connectivity index (χ0n) is 8.17. The summed E-state index contributed by atoms with van der Waals surface area (Å²) in [5.74, 6) is -0.525. The van der Waals surface area contributed by atoms with Gasteiger partial charge in [-0.25, -0.2) is 4.79 Å². The van der Waals surface area contributed by atoms with Gasteiger partial charge in [0, 0.05) is 0 Å². The second-order valence-electron chi connectivity index (χ2n) is 2.32. The molecule has 1 rings (SSSR count). The molecule has 1 aromatic carbocycles. The molecule has 0 unspecified atom stereocenters. The molecule has 0 heterocycles. The van der Waals surface area contributed by atoms with Gasteiger partial charge in [-0.1, -0.05) is 12.1 Å². The Kier molecular flexibility index (Phi) is 7.37. The Morgan fingerprint density at radius 3 is 2.29 bits per heavy atom. The van der Waals surface area contributed by atoms with Gasteiger partial charge in [0.2, 0.25) is 6.08 Å². The number of rotatable bonds is 2. The average molecular weight is 288 g/mol. The molecule has 0 saturated heterocycles. The van der Waals surface area contributed by atoms with Gasteiger partial charge in [-0.05, 0) is 12.1 Å². The van der Waals surface area contributed by atoms with E-state index in [1.165, 1.54) is 18.2 Å². The lowest BCUT2D eigenvalue weighted by molar-refractivity contribution is -0.274. The van der Waals surface area contributed by atoms with E-state index in [2.05, 4.69) is 9.73 Å². The van der Waals surface area contributed by atoms with E-state index in [-0.39, 0.29) is 11.0 Å². The molecule has 8 heteroatoms. The lowest BCUT2D eigenvalue weighted by Crippen LogP contribution is -2.17. The largest absolute Gasteiger partial charge is 0.573 e. The topological polar surface area (TPSA) is 38.7 Å². The van der Waals surface area contributed by atoms with E-state index in [1.807, 2.05) is 0 Å². The maximum Gasteiger partial charge on any atom is 0.573 e. The molecule has 0 aliphatic carbocycles. The summed E-state index contributed by atoms with van der Waals surface area (Å²) < 4.78 is 39.0. The molecule has 0 aromatic heterocycles. The highest BCUT2D eigenvalue weighted by Crippen LogP contribution is 2.31. The van der Waals surface area contributed by atoms with Gasteiger partial charge in [0.25, 0.3) is 0 Å². The van der Waals surface area contributed by atoms with Crippen LogP contribution in [0.2, 0.25) is 0 Å². The number of halogens is 5. The number of ether oxygens (including phenoxy) is 1. The Balaban J connectivity index is 0.000000770. The fourth-order valence-corrected chi connectivity index (χ4v) is 0.810. The van der Waals surface area contributed by atoms with Crippen molar-refractivity contribution in [3.63, 3.8) is 0 Å². The quantitative estimate of drug-likeness (QED) is 0.469. The van der Waals surface area contributed by atoms with Crippen molar-refractivity contribution in [3.05, 3.63) is 24.3 Å². The molecule has 0 radical (unpaired) electrons. The number of isocyanates is 1. The van der Waals surface area contributed by atoms with Crippen LogP contribution in [-0.2, 0) is 4.79 Å². The first-order chi connectivity index (χ1) is 7.94. The zero-order valence-corrected chi connectivity index (χ0v) is 9.68. The minimum Gasteiger partial charge on any atom is -0.403 e. The highest BCUT2D eigenvalue weighted by molar-refractivity contribution is 6.40. The van der Waals surface area contributed by atoms with Crippen LogP contribution in [0.1, 0.15) is 0 Å². The fourth-order valence-electron chi connectivity index (χ4n) is 0.810. The molecule has 1 aromatic rings.